The fourth-order valence-corrected chi connectivity index (χ4v) is 2.89. The van der Waals surface area contributed by atoms with Crippen molar-refractivity contribution in [2.45, 2.75) is 25.8 Å². The second kappa shape index (κ2) is 4.94. The molecule has 1 heterocycles. The zero-order chi connectivity index (χ0) is 13.3. The van der Waals surface area contributed by atoms with Crippen LogP contribution in [0, 0.1) is 5.41 Å². The summed E-state index contributed by atoms with van der Waals surface area (Å²) in [5.74, 6) is 0. The van der Waals surface area contributed by atoms with Crippen molar-refractivity contribution in [3.8, 4) is 0 Å². The molecule has 2 aromatic rings. The minimum absolute atomic E-state index is 0.370. The summed E-state index contributed by atoms with van der Waals surface area (Å²) in [4.78, 5) is 4.39. The third-order valence-electron chi connectivity index (χ3n) is 4.47. The van der Waals surface area contributed by atoms with Crippen molar-refractivity contribution in [2.24, 2.45) is 18.2 Å². The fourth-order valence-electron chi connectivity index (χ4n) is 2.89. The van der Waals surface area contributed by atoms with E-state index in [0.29, 0.717) is 5.41 Å². The highest BCUT2D eigenvalue weighted by molar-refractivity contribution is 5.75. The molecule has 0 spiro atoms. The van der Waals surface area contributed by atoms with Crippen LogP contribution in [0.1, 0.15) is 24.8 Å². The normalized spacial score (nSPS) is 17.6. The number of nitrogens with zero attached hydrogens (tertiary/aromatic N) is 2. The maximum atomic E-state index is 5.87. The van der Waals surface area contributed by atoms with E-state index in [-0.39, 0.29) is 0 Å². The van der Waals surface area contributed by atoms with Crippen molar-refractivity contribution in [1.29, 1.82) is 0 Å². The van der Waals surface area contributed by atoms with Gasteiger partial charge in [-0.3, -0.25) is 0 Å². The summed E-state index contributed by atoms with van der Waals surface area (Å²) in [6, 6.07) is 6.48. The fraction of sp³-hybridized carbons (Fsp3) is 0.533. The van der Waals surface area contributed by atoms with Crippen LogP contribution in [-0.2, 0) is 13.6 Å². The Kier molecular flexibility index (Phi) is 3.29. The third-order valence-corrected chi connectivity index (χ3v) is 4.47. The number of nitrogens with two attached hydrogens (primary N) is 1. The van der Waals surface area contributed by atoms with E-state index in [9.17, 15) is 0 Å². The summed E-state index contributed by atoms with van der Waals surface area (Å²) in [7, 11) is 2.02. The summed E-state index contributed by atoms with van der Waals surface area (Å²) >= 11 is 0. The lowest BCUT2D eigenvalue weighted by atomic mass is 9.69. The number of hydrogen-bond acceptors (Lipinski definition) is 3. The lowest BCUT2D eigenvalue weighted by molar-refractivity contribution is 0.141. The van der Waals surface area contributed by atoms with Crippen LogP contribution in [0.25, 0.3) is 11.0 Å². The molecule has 4 nitrogen and oxygen atoms in total. The molecule has 1 aromatic heterocycles. The van der Waals surface area contributed by atoms with Crippen LogP contribution in [0.5, 0.6) is 0 Å². The molecule has 102 valence electrons. The molecule has 0 atom stereocenters. The van der Waals surface area contributed by atoms with E-state index in [1.807, 2.05) is 17.9 Å². The Labute approximate surface area is 114 Å². The van der Waals surface area contributed by atoms with Crippen molar-refractivity contribution >= 4 is 11.0 Å². The van der Waals surface area contributed by atoms with E-state index in [1.165, 1.54) is 30.3 Å². The van der Waals surface area contributed by atoms with E-state index < -0.39 is 0 Å². The number of aromatic nitrogens is 2. The summed E-state index contributed by atoms with van der Waals surface area (Å²) in [5, 5.41) is 3.55. The van der Waals surface area contributed by atoms with E-state index in [4.69, 9.17) is 5.73 Å². The first-order valence-corrected chi connectivity index (χ1v) is 7.03. The van der Waals surface area contributed by atoms with Gasteiger partial charge in [0.05, 0.1) is 17.4 Å². The number of hydrogen-bond donors (Lipinski definition) is 2. The highest BCUT2D eigenvalue weighted by atomic mass is 15.0. The minimum Gasteiger partial charge on any atom is -0.334 e. The first-order chi connectivity index (χ1) is 9.22. The maximum absolute atomic E-state index is 5.87. The SMILES string of the molecule is Cn1cnc2cc(CNCC3(CN)CCC3)ccc21. The minimum atomic E-state index is 0.370. The lowest BCUT2D eigenvalue weighted by Crippen LogP contribution is -2.45. The Morgan fingerprint density at radius 2 is 2.26 bits per heavy atom. The van der Waals surface area contributed by atoms with Gasteiger partial charge in [0.25, 0.3) is 0 Å². The number of rotatable bonds is 5. The first kappa shape index (κ1) is 12.6. The predicted octanol–water partition coefficient (Wildman–Crippen LogP) is 1.79. The second-order valence-corrected chi connectivity index (χ2v) is 5.84. The molecule has 0 bridgehead atoms. The molecule has 1 fully saturated rings. The van der Waals surface area contributed by atoms with E-state index >= 15 is 0 Å². The molecule has 0 amide bonds. The molecule has 3 rings (SSSR count). The topological polar surface area (TPSA) is 55.9 Å². The third kappa shape index (κ3) is 2.38. The van der Waals surface area contributed by atoms with Crippen LogP contribution in [0.4, 0.5) is 0 Å². The van der Waals surface area contributed by atoms with Crippen LogP contribution in [0.3, 0.4) is 0 Å². The second-order valence-electron chi connectivity index (χ2n) is 5.84. The number of imidazole rings is 1. The number of aryl methyl sites for hydroxylation is 1. The molecule has 0 radical (unpaired) electrons. The standard InChI is InChI=1S/C15H22N4/c1-19-11-18-13-7-12(3-4-14(13)19)8-17-10-15(9-16)5-2-6-15/h3-4,7,11,17H,2,5-6,8-10,16H2,1H3. The molecule has 1 aromatic carbocycles. The quantitative estimate of drug-likeness (QED) is 0.859. The van der Waals surface area contributed by atoms with Gasteiger partial charge in [-0.25, -0.2) is 4.98 Å². The van der Waals surface area contributed by atoms with Crippen LogP contribution in [0.15, 0.2) is 24.5 Å². The Morgan fingerprint density at radius 3 is 2.95 bits per heavy atom. The molecule has 0 aliphatic heterocycles. The van der Waals surface area contributed by atoms with Gasteiger partial charge in [0.1, 0.15) is 0 Å². The molecular formula is C15H22N4. The number of fused-ring (bicyclic) bond motifs is 1. The van der Waals surface area contributed by atoms with Gasteiger partial charge in [0.2, 0.25) is 0 Å². The van der Waals surface area contributed by atoms with Crippen LogP contribution in [0.2, 0.25) is 0 Å². The molecule has 1 saturated carbocycles. The Bertz CT molecular complexity index is 563. The average Bonchev–Trinajstić information content (AvgIpc) is 2.74. The van der Waals surface area contributed by atoms with Gasteiger partial charge < -0.3 is 15.6 Å². The van der Waals surface area contributed by atoms with Crippen molar-refractivity contribution in [1.82, 2.24) is 14.9 Å². The van der Waals surface area contributed by atoms with Crippen LogP contribution >= 0.6 is 0 Å². The molecule has 0 saturated heterocycles. The highest BCUT2D eigenvalue weighted by Gasteiger charge is 2.34. The van der Waals surface area contributed by atoms with Crippen molar-refractivity contribution < 1.29 is 0 Å². The zero-order valence-electron chi connectivity index (χ0n) is 11.5. The van der Waals surface area contributed by atoms with Gasteiger partial charge in [-0.15, -0.1) is 0 Å². The van der Waals surface area contributed by atoms with Crippen molar-refractivity contribution in [3.63, 3.8) is 0 Å². The van der Waals surface area contributed by atoms with E-state index in [2.05, 4.69) is 28.5 Å². The molecular weight excluding hydrogens is 236 g/mol. The first-order valence-electron chi connectivity index (χ1n) is 7.03. The summed E-state index contributed by atoms with van der Waals surface area (Å²) in [6.07, 6.45) is 5.74. The molecule has 4 heteroatoms. The highest BCUT2D eigenvalue weighted by Crippen LogP contribution is 2.39. The Morgan fingerprint density at radius 1 is 1.42 bits per heavy atom. The van der Waals surface area contributed by atoms with Crippen LogP contribution < -0.4 is 11.1 Å². The van der Waals surface area contributed by atoms with Gasteiger partial charge in [-0.05, 0) is 42.5 Å². The molecule has 3 N–H and O–H groups in total. The summed E-state index contributed by atoms with van der Waals surface area (Å²) in [5.41, 5.74) is 9.78. The van der Waals surface area contributed by atoms with E-state index in [0.717, 1.165) is 25.2 Å². The predicted molar refractivity (Wildman–Crippen MR) is 77.8 cm³/mol. The smallest absolute Gasteiger partial charge is 0.0955 e. The summed E-state index contributed by atoms with van der Waals surface area (Å²) < 4.78 is 2.05. The monoisotopic (exact) mass is 258 g/mol. The van der Waals surface area contributed by atoms with Gasteiger partial charge in [0, 0.05) is 20.1 Å². The Hall–Kier alpha value is -1.39. The average molecular weight is 258 g/mol. The van der Waals surface area contributed by atoms with Crippen molar-refractivity contribution in [3.05, 3.63) is 30.1 Å². The summed E-state index contributed by atoms with van der Waals surface area (Å²) in [6.45, 7) is 2.73. The number of nitrogens with one attached hydrogen (secondary N) is 1. The zero-order valence-corrected chi connectivity index (χ0v) is 11.5. The van der Waals surface area contributed by atoms with Gasteiger partial charge in [-0.2, -0.15) is 0 Å². The lowest BCUT2D eigenvalue weighted by Gasteiger charge is -2.41. The van der Waals surface area contributed by atoms with Gasteiger partial charge in [0.15, 0.2) is 0 Å². The molecule has 19 heavy (non-hydrogen) atoms. The maximum Gasteiger partial charge on any atom is 0.0955 e. The van der Waals surface area contributed by atoms with Crippen molar-refractivity contribution in [2.75, 3.05) is 13.1 Å². The number of benzene rings is 1. The molecule has 1 aliphatic carbocycles. The molecule has 0 unspecified atom stereocenters. The van der Waals surface area contributed by atoms with E-state index in [1.54, 1.807) is 0 Å². The Balaban J connectivity index is 1.62. The molecule has 1 aliphatic rings. The van der Waals surface area contributed by atoms with Gasteiger partial charge in [-0.1, -0.05) is 12.5 Å². The van der Waals surface area contributed by atoms with Crippen LogP contribution in [-0.4, -0.2) is 22.6 Å². The largest absolute Gasteiger partial charge is 0.334 e. The van der Waals surface area contributed by atoms with Gasteiger partial charge >= 0.3 is 0 Å².